The highest BCUT2D eigenvalue weighted by Crippen LogP contribution is 2.70. The maximum atomic E-state index is 5.53. The Kier molecular flexibility index (Phi) is 3.97. The fourth-order valence-corrected chi connectivity index (χ4v) is 7.70. The van der Waals surface area contributed by atoms with Crippen molar-refractivity contribution in [3.63, 3.8) is 0 Å². The highest BCUT2D eigenvalue weighted by Gasteiger charge is 2.63. The Labute approximate surface area is 139 Å². The van der Waals surface area contributed by atoms with Crippen LogP contribution < -0.4 is 0 Å². The summed E-state index contributed by atoms with van der Waals surface area (Å²) in [6, 6.07) is 0. The molecule has 4 unspecified atom stereocenters. The molecule has 1 nitrogen and oxygen atoms in total. The van der Waals surface area contributed by atoms with Crippen molar-refractivity contribution < 1.29 is 4.74 Å². The number of hydrogen-bond donors (Lipinski definition) is 0. The second-order valence-corrected chi connectivity index (χ2v) is 9.98. The van der Waals surface area contributed by atoms with Crippen molar-refractivity contribution in [3.05, 3.63) is 12.2 Å². The van der Waals surface area contributed by atoms with Gasteiger partial charge in [0.05, 0.1) is 6.61 Å². The number of thiocarbonyl (C=S) groups is 1. The van der Waals surface area contributed by atoms with Crippen LogP contribution in [0.15, 0.2) is 12.2 Å². The third-order valence-electron chi connectivity index (χ3n) is 6.49. The predicted octanol–water partition coefficient (Wildman–Crippen LogP) is 5.45. The maximum absolute atomic E-state index is 5.53. The van der Waals surface area contributed by atoms with Gasteiger partial charge in [-0.05, 0) is 73.4 Å². The Balaban J connectivity index is 1.86. The fraction of sp³-hybridized carbons (Fsp3) is 0.833. The molecule has 0 aliphatic heterocycles. The highest BCUT2D eigenvalue weighted by molar-refractivity contribution is 8.23. The zero-order chi connectivity index (χ0) is 15.4. The quantitative estimate of drug-likeness (QED) is 0.494. The SMILES string of the molecule is C=C1C2CCC3C2C(C)(C)C[C@H](SC(=S)OCC)CC13C. The van der Waals surface area contributed by atoms with Crippen LogP contribution in [0.3, 0.4) is 0 Å². The Morgan fingerprint density at radius 3 is 2.71 bits per heavy atom. The number of rotatable bonds is 2. The minimum atomic E-state index is 0.334. The summed E-state index contributed by atoms with van der Waals surface area (Å²) in [6.07, 6.45) is 5.26. The number of allylic oxidation sites excluding steroid dienone is 1. The van der Waals surface area contributed by atoms with Crippen LogP contribution in [0.1, 0.15) is 53.4 Å². The maximum Gasteiger partial charge on any atom is 0.220 e. The van der Waals surface area contributed by atoms with E-state index in [0.29, 0.717) is 22.7 Å². The van der Waals surface area contributed by atoms with E-state index in [4.69, 9.17) is 17.0 Å². The lowest BCUT2D eigenvalue weighted by atomic mass is 9.69. The average molecular weight is 325 g/mol. The Morgan fingerprint density at radius 2 is 2.05 bits per heavy atom. The van der Waals surface area contributed by atoms with Crippen LogP contribution in [0, 0.1) is 28.6 Å². The van der Waals surface area contributed by atoms with Crippen LogP contribution >= 0.6 is 24.0 Å². The van der Waals surface area contributed by atoms with Crippen molar-refractivity contribution in [2.75, 3.05) is 6.61 Å². The standard InChI is InChI=1S/C18H28OS2/c1-6-19-16(20)21-12-9-17(3,4)15-13-7-8-14(15)18(5,10-12)11(13)2/h12-15H,2,6-10H2,1,3-5H3/t12-,13?,14?,15?,18?/m0/s1. The van der Waals surface area contributed by atoms with E-state index in [1.165, 1.54) is 25.7 Å². The van der Waals surface area contributed by atoms with Crippen LogP contribution in [0.2, 0.25) is 0 Å². The summed E-state index contributed by atoms with van der Waals surface area (Å²) in [4.78, 5) is 0. The van der Waals surface area contributed by atoms with E-state index >= 15 is 0 Å². The van der Waals surface area contributed by atoms with Crippen LogP contribution in [0.4, 0.5) is 0 Å². The summed E-state index contributed by atoms with van der Waals surface area (Å²) < 4.78 is 6.26. The molecule has 3 aliphatic rings. The Hall–Kier alpha value is -0.0200. The van der Waals surface area contributed by atoms with Crippen LogP contribution in [0.5, 0.6) is 0 Å². The van der Waals surface area contributed by atoms with Gasteiger partial charge in [0.1, 0.15) is 0 Å². The molecule has 0 radical (unpaired) electrons. The molecule has 3 rings (SSSR count). The van der Waals surface area contributed by atoms with E-state index in [2.05, 4.69) is 27.4 Å². The van der Waals surface area contributed by atoms with E-state index in [1.807, 2.05) is 6.92 Å². The van der Waals surface area contributed by atoms with Gasteiger partial charge in [0.25, 0.3) is 0 Å². The van der Waals surface area contributed by atoms with Gasteiger partial charge in [0.15, 0.2) is 0 Å². The number of ether oxygens (including phenoxy) is 1. The molecule has 3 heteroatoms. The van der Waals surface area contributed by atoms with Gasteiger partial charge in [0.2, 0.25) is 4.38 Å². The van der Waals surface area contributed by atoms with Crippen LogP contribution in [0.25, 0.3) is 0 Å². The van der Waals surface area contributed by atoms with Gasteiger partial charge in [-0.2, -0.15) is 0 Å². The van der Waals surface area contributed by atoms with Crippen molar-refractivity contribution >= 4 is 28.4 Å². The predicted molar refractivity (Wildman–Crippen MR) is 95.6 cm³/mol. The first-order valence-electron chi connectivity index (χ1n) is 8.32. The molecule has 5 atom stereocenters. The van der Waals surface area contributed by atoms with E-state index in [-0.39, 0.29) is 0 Å². The summed E-state index contributed by atoms with van der Waals surface area (Å²) in [7, 11) is 0. The zero-order valence-electron chi connectivity index (χ0n) is 13.8. The zero-order valence-corrected chi connectivity index (χ0v) is 15.4. The third-order valence-corrected chi connectivity index (χ3v) is 7.87. The lowest BCUT2D eigenvalue weighted by Crippen LogP contribution is -2.31. The summed E-state index contributed by atoms with van der Waals surface area (Å²) >= 11 is 7.19. The third kappa shape index (κ3) is 2.39. The average Bonchev–Trinajstić information content (AvgIpc) is 2.86. The summed E-state index contributed by atoms with van der Waals surface area (Å²) in [5.74, 6) is 2.46. The van der Waals surface area contributed by atoms with Gasteiger partial charge < -0.3 is 4.74 Å². The van der Waals surface area contributed by atoms with Gasteiger partial charge in [-0.3, -0.25) is 0 Å². The van der Waals surface area contributed by atoms with Gasteiger partial charge in [-0.15, -0.1) is 0 Å². The Bertz CT molecular complexity index is 470. The van der Waals surface area contributed by atoms with Crippen molar-refractivity contribution in [1.82, 2.24) is 0 Å². The Morgan fingerprint density at radius 1 is 1.33 bits per heavy atom. The van der Waals surface area contributed by atoms with Crippen LogP contribution in [-0.2, 0) is 4.74 Å². The molecule has 0 saturated heterocycles. The second kappa shape index (κ2) is 5.26. The minimum Gasteiger partial charge on any atom is -0.479 e. The second-order valence-electron chi connectivity index (χ2n) is 8.08. The van der Waals surface area contributed by atoms with E-state index < -0.39 is 0 Å². The lowest BCUT2D eigenvalue weighted by Gasteiger charge is -2.39. The molecule has 0 amide bonds. The van der Waals surface area contributed by atoms with Gasteiger partial charge in [-0.1, -0.05) is 44.7 Å². The van der Waals surface area contributed by atoms with E-state index in [1.54, 1.807) is 17.3 Å². The molecule has 21 heavy (non-hydrogen) atoms. The number of hydrogen-bond acceptors (Lipinski definition) is 3. The summed E-state index contributed by atoms with van der Waals surface area (Å²) in [5.41, 5.74) is 2.27. The molecule has 118 valence electrons. The van der Waals surface area contributed by atoms with Gasteiger partial charge in [-0.25, -0.2) is 0 Å². The monoisotopic (exact) mass is 324 g/mol. The first-order valence-corrected chi connectivity index (χ1v) is 9.61. The van der Waals surface area contributed by atoms with Gasteiger partial charge in [0, 0.05) is 5.25 Å². The molecule has 0 N–H and O–H groups in total. The molecular formula is C18H28OS2. The molecule has 3 aliphatic carbocycles. The molecule has 0 aromatic carbocycles. The molecule has 0 heterocycles. The van der Waals surface area contributed by atoms with Crippen molar-refractivity contribution in [2.45, 2.75) is 58.6 Å². The van der Waals surface area contributed by atoms with Crippen LogP contribution in [-0.4, -0.2) is 16.2 Å². The molecule has 0 aromatic rings. The number of thioether (sulfide) groups is 1. The first kappa shape index (κ1) is 15.9. The van der Waals surface area contributed by atoms with Crippen molar-refractivity contribution in [1.29, 1.82) is 0 Å². The smallest absolute Gasteiger partial charge is 0.220 e. The fourth-order valence-electron chi connectivity index (χ4n) is 5.78. The highest BCUT2D eigenvalue weighted by atomic mass is 32.2. The lowest BCUT2D eigenvalue weighted by molar-refractivity contribution is 0.142. The molecule has 0 aromatic heterocycles. The topological polar surface area (TPSA) is 9.23 Å². The van der Waals surface area contributed by atoms with E-state index in [9.17, 15) is 0 Å². The largest absolute Gasteiger partial charge is 0.479 e. The van der Waals surface area contributed by atoms with Gasteiger partial charge >= 0.3 is 0 Å². The first-order chi connectivity index (χ1) is 9.79. The molecule has 3 saturated carbocycles. The molecule has 0 spiro atoms. The molecular weight excluding hydrogens is 296 g/mol. The van der Waals surface area contributed by atoms with Crippen molar-refractivity contribution in [2.24, 2.45) is 28.6 Å². The summed E-state index contributed by atoms with van der Waals surface area (Å²) in [5, 5.41) is 0.576. The normalized spacial score (nSPS) is 43.7. The minimum absolute atomic E-state index is 0.334. The molecule has 4 bridgehead atoms. The van der Waals surface area contributed by atoms with E-state index in [0.717, 1.165) is 22.1 Å². The molecule has 3 fully saturated rings. The van der Waals surface area contributed by atoms with Crippen molar-refractivity contribution in [3.8, 4) is 0 Å². The summed E-state index contributed by atoms with van der Waals surface area (Å²) in [6.45, 7) is 14.7.